The molecule has 0 radical (unpaired) electrons. The van der Waals surface area contributed by atoms with Crippen LogP contribution in [-0.2, 0) is 30.4 Å². The molecule has 0 saturated carbocycles. The first-order valence-electron chi connectivity index (χ1n) is 8.45. The van der Waals surface area contributed by atoms with Crippen LogP contribution in [-0.4, -0.2) is 33.9 Å². The number of fused-ring (bicyclic) bond motifs is 1. The Kier molecular flexibility index (Phi) is 5.20. The molecule has 1 aromatic carbocycles. The van der Waals surface area contributed by atoms with E-state index in [1.54, 1.807) is 6.92 Å². The van der Waals surface area contributed by atoms with Crippen molar-refractivity contribution in [1.29, 1.82) is 0 Å². The first kappa shape index (κ1) is 18.9. The maximum absolute atomic E-state index is 12.8. The van der Waals surface area contributed by atoms with Crippen LogP contribution >= 0.6 is 0 Å². The maximum atomic E-state index is 12.8. The van der Waals surface area contributed by atoms with Gasteiger partial charge in [-0.3, -0.25) is 4.79 Å². The van der Waals surface area contributed by atoms with Gasteiger partial charge in [0.05, 0.1) is 31.0 Å². The normalized spacial score (nSPS) is 14.0. The first-order valence-corrected chi connectivity index (χ1v) is 8.45. The molecule has 2 heterocycles. The van der Waals surface area contributed by atoms with Gasteiger partial charge in [-0.05, 0) is 24.6 Å². The molecule has 1 aliphatic heterocycles. The van der Waals surface area contributed by atoms with Crippen LogP contribution in [0.5, 0.6) is 0 Å². The van der Waals surface area contributed by atoms with Crippen molar-refractivity contribution in [2.45, 2.75) is 32.6 Å². The van der Waals surface area contributed by atoms with Gasteiger partial charge in [0.25, 0.3) is 5.56 Å². The van der Waals surface area contributed by atoms with Gasteiger partial charge in [-0.15, -0.1) is 0 Å². The zero-order valence-electron chi connectivity index (χ0n) is 14.6. The minimum atomic E-state index is -4.44. The molecule has 1 aliphatic rings. The fourth-order valence-electron chi connectivity index (χ4n) is 2.94. The molecular weight excluding hydrogens is 363 g/mol. The molecule has 6 nitrogen and oxygen atoms in total. The van der Waals surface area contributed by atoms with Gasteiger partial charge in [-0.2, -0.15) is 18.3 Å². The number of nitrogens with zero attached hydrogens (tertiary/aromatic N) is 3. The zero-order chi connectivity index (χ0) is 19.6. The van der Waals surface area contributed by atoms with Crippen LogP contribution in [0.25, 0.3) is 0 Å². The summed E-state index contributed by atoms with van der Waals surface area (Å²) in [6.45, 7) is 2.54. The van der Waals surface area contributed by atoms with E-state index in [9.17, 15) is 22.8 Å². The SMILES string of the molecule is CCOC(=O)N1CCc2nn(Cc3cccc(C(F)(F)F)c3)c(=O)cc2C1. The van der Waals surface area contributed by atoms with Crippen molar-refractivity contribution < 1.29 is 22.7 Å². The second-order valence-electron chi connectivity index (χ2n) is 6.18. The minimum Gasteiger partial charge on any atom is -0.450 e. The number of hydrogen-bond donors (Lipinski definition) is 0. The summed E-state index contributed by atoms with van der Waals surface area (Å²) in [7, 11) is 0. The van der Waals surface area contributed by atoms with Crippen LogP contribution in [0.15, 0.2) is 35.1 Å². The Labute approximate surface area is 153 Å². The molecule has 0 atom stereocenters. The second kappa shape index (κ2) is 7.42. The lowest BCUT2D eigenvalue weighted by Gasteiger charge is -2.27. The standard InChI is InChI=1S/C18H18F3N3O3/c1-2-27-17(26)23-7-6-15-13(11-23)9-16(25)24(22-15)10-12-4-3-5-14(8-12)18(19,20)21/h3-5,8-9H,2,6-7,10-11H2,1H3. The number of amides is 1. The molecule has 0 fully saturated rings. The largest absolute Gasteiger partial charge is 0.450 e. The molecule has 2 aromatic rings. The number of hydrogen-bond acceptors (Lipinski definition) is 4. The van der Waals surface area contributed by atoms with E-state index in [1.165, 1.54) is 23.1 Å². The second-order valence-corrected chi connectivity index (χ2v) is 6.18. The van der Waals surface area contributed by atoms with Gasteiger partial charge < -0.3 is 9.64 Å². The van der Waals surface area contributed by atoms with Gasteiger partial charge in [-0.1, -0.05) is 12.1 Å². The molecule has 0 unspecified atom stereocenters. The molecule has 1 aromatic heterocycles. The lowest BCUT2D eigenvalue weighted by molar-refractivity contribution is -0.137. The first-order chi connectivity index (χ1) is 12.8. The molecule has 144 valence electrons. The number of carbonyl (C=O) groups excluding carboxylic acids is 1. The third-order valence-electron chi connectivity index (χ3n) is 4.26. The number of alkyl halides is 3. The van der Waals surface area contributed by atoms with Crippen molar-refractivity contribution in [2.75, 3.05) is 13.2 Å². The Morgan fingerprint density at radius 2 is 2.07 bits per heavy atom. The third-order valence-corrected chi connectivity index (χ3v) is 4.26. The number of halogens is 3. The quantitative estimate of drug-likeness (QED) is 0.820. The summed E-state index contributed by atoms with van der Waals surface area (Å²) in [6.07, 6.45) is -4.45. The average Bonchev–Trinajstić information content (AvgIpc) is 2.62. The van der Waals surface area contributed by atoms with E-state index in [-0.39, 0.29) is 19.7 Å². The Balaban J connectivity index is 1.82. The minimum absolute atomic E-state index is 0.0579. The fourth-order valence-corrected chi connectivity index (χ4v) is 2.94. The van der Waals surface area contributed by atoms with Crippen LogP contribution in [0.4, 0.5) is 18.0 Å². The Morgan fingerprint density at radius 1 is 1.30 bits per heavy atom. The summed E-state index contributed by atoms with van der Waals surface area (Å²) in [6, 6.07) is 6.19. The van der Waals surface area contributed by atoms with Gasteiger partial charge >= 0.3 is 12.3 Å². The fraction of sp³-hybridized carbons (Fsp3) is 0.389. The third kappa shape index (κ3) is 4.29. The van der Waals surface area contributed by atoms with Crippen molar-refractivity contribution in [3.63, 3.8) is 0 Å². The number of ether oxygens (including phenoxy) is 1. The molecule has 9 heteroatoms. The summed E-state index contributed by atoms with van der Waals surface area (Å²) < 4.78 is 44.6. The van der Waals surface area contributed by atoms with Crippen LogP contribution in [0.1, 0.15) is 29.3 Å². The van der Waals surface area contributed by atoms with Gasteiger partial charge in [0.2, 0.25) is 0 Å². The van der Waals surface area contributed by atoms with E-state index in [0.29, 0.717) is 29.8 Å². The van der Waals surface area contributed by atoms with E-state index in [2.05, 4.69) is 5.10 Å². The summed E-state index contributed by atoms with van der Waals surface area (Å²) in [5, 5.41) is 4.28. The van der Waals surface area contributed by atoms with Gasteiger partial charge in [0.1, 0.15) is 0 Å². The van der Waals surface area contributed by atoms with E-state index in [1.807, 2.05) is 0 Å². The molecule has 0 N–H and O–H groups in total. The van der Waals surface area contributed by atoms with Gasteiger partial charge in [-0.25, -0.2) is 9.48 Å². The smallest absolute Gasteiger partial charge is 0.416 e. The van der Waals surface area contributed by atoms with E-state index >= 15 is 0 Å². The molecule has 1 amide bonds. The highest BCUT2D eigenvalue weighted by Crippen LogP contribution is 2.29. The summed E-state index contributed by atoms with van der Waals surface area (Å²) in [5.41, 5.74) is 0.415. The monoisotopic (exact) mass is 381 g/mol. The van der Waals surface area contributed by atoms with Crippen LogP contribution < -0.4 is 5.56 Å². The lowest BCUT2D eigenvalue weighted by Crippen LogP contribution is -2.38. The Hall–Kier alpha value is -2.84. The lowest BCUT2D eigenvalue weighted by atomic mass is 10.1. The summed E-state index contributed by atoms with van der Waals surface area (Å²) in [4.78, 5) is 25.6. The highest BCUT2D eigenvalue weighted by molar-refractivity contribution is 5.68. The topological polar surface area (TPSA) is 64.4 Å². The van der Waals surface area contributed by atoms with Crippen LogP contribution in [0.2, 0.25) is 0 Å². The number of rotatable bonds is 3. The average molecular weight is 381 g/mol. The van der Waals surface area contributed by atoms with Crippen molar-refractivity contribution in [3.05, 3.63) is 63.1 Å². The van der Waals surface area contributed by atoms with Crippen molar-refractivity contribution in [2.24, 2.45) is 0 Å². The number of carbonyl (C=O) groups is 1. The molecule has 0 spiro atoms. The number of aromatic nitrogens is 2. The van der Waals surface area contributed by atoms with Gasteiger partial charge in [0, 0.05) is 24.6 Å². The van der Waals surface area contributed by atoms with Crippen molar-refractivity contribution >= 4 is 6.09 Å². The highest BCUT2D eigenvalue weighted by atomic mass is 19.4. The van der Waals surface area contributed by atoms with Crippen LogP contribution in [0, 0.1) is 0 Å². The molecule has 3 rings (SSSR count). The number of benzene rings is 1. The van der Waals surface area contributed by atoms with E-state index in [4.69, 9.17) is 4.74 Å². The molecule has 0 aliphatic carbocycles. The predicted octanol–water partition coefficient (Wildman–Crippen LogP) is 2.83. The van der Waals surface area contributed by atoms with Crippen molar-refractivity contribution in [1.82, 2.24) is 14.7 Å². The van der Waals surface area contributed by atoms with Gasteiger partial charge in [0.15, 0.2) is 0 Å². The maximum Gasteiger partial charge on any atom is 0.416 e. The Bertz CT molecular complexity index is 909. The Morgan fingerprint density at radius 3 is 2.78 bits per heavy atom. The highest BCUT2D eigenvalue weighted by Gasteiger charge is 2.30. The summed E-state index contributed by atoms with van der Waals surface area (Å²) >= 11 is 0. The molecule has 0 bridgehead atoms. The molecule has 0 saturated heterocycles. The molecular formula is C18H18F3N3O3. The van der Waals surface area contributed by atoms with Crippen LogP contribution in [0.3, 0.4) is 0 Å². The predicted molar refractivity (Wildman–Crippen MR) is 90.2 cm³/mol. The summed E-state index contributed by atoms with van der Waals surface area (Å²) in [5.74, 6) is 0. The van der Waals surface area contributed by atoms with E-state index in [0.717, 1.165) is 16.8 Å². The molecule has 27 heavy (non-hydrogen) atoms. The van der Waals surface area contributed by atoms with E-state index < -0.39 is 23.4 Å². The van der Waals surface area contributed by atoms with Crippen molar-refractivity contribution in [3.8, 4) is 0 Å². The zero-order valence-corrected chi connectivity index (χ0v) is 14.6.